The van der Waals surface area contributed by atoms with E-state index in [2.05, 4.69) is 0 Å². The van der Waals surface area contributed by atoms with Crippen LogP contribution in [-0.2, 0) is 9.59 Å². The Kier molecular flexibility index (Phi) is 4.93. The van der Waals surface area contributed by atoms with Gasteiger partial charge in [0.2, 0.25) is 11.8 Å². The van der Waals surface area contributed by atoms with Gasteiger partial charge in [0.05, 0.1) is 12.5 Å². The number of hydrogen-bond donors (Lipinski definition) is 1. The Bertz CT molecular complexity index is 285. The molecule has 2 atom stereocenters. The van der Waals surface area contributed by atoms with E-state index in [0.717, 1.165) is 25.9 Å². The number of carbonyl (C=O) groups excluding carboxylic acids is 2. The number of carbonyl (C=O) groups is 2. The summed E-state index contributed by atoms with van der Waals surface area (Å²) in [7, 11) is 1.66. The molecule has 0 saturated carbocycles. The number of likely N-dealkylation sites (N-methyl/N-ethyl adjacent to an activating group) is 1. The van der Waals surface area contributed by atoms with Crippen LogP contribution in [0.1, 0.15) is 26.7 Å². The van der Waals surface area contributed by atoms with Crippen molar-refractivity contribution in [3.8, 4) is 0 Å². The lowest BCUT2D eigenvalue weighted by molar-refractivity contribution is -0.141. The molecular formula is C12H23N3O2. The van der Waals surface area contributed by atoms with E-state index >= 15 is 0 Å². The third-order valence-corrected chi connectivity index (χ3v) is 3.39. The first kappa shape index (κ1) is 14.0. The molecule has 0 bridgehead atoms. The minimum absolute atomic E-state index is 0.0372. The Morgan fingerprint density at radius 2 is 1.82 bits per heavy atom. The van der Waals surface area contributed by atoms with Crippen molar-refractivity contribution in [3.05, 3.63) is 0 Å². The fraction of sp³-hybridized carbons (Fsp3) is 0.833. The first-order valence-electron chi connectivity index (χ1n) is 6.21. The molecule has 98 valence electrons. The molecule has 0 spiro atoms. The van der Waals surface area contributed by atoms with Crippen molar-refractivity contribution >= 4 is 11.8 Å². The van der Waals surface area contributed by atoms with E-state index in [1.807, 2.05) is 4.90 Å². The summed E-state index contributed by atoms with van der Waals surface area (Å²) in [5.74, 6) is -0.269. The molecular weight excluding hydrogens is 218 g/mol. The van der Waals surface area contributed by atoms with Crippen molar-refractivity contribution in [3.63, 3.8) is 0 Å². The Labute approximate surface area is 103 Å². The minimum atomic E-state index is -0.244. The van der Waals surface area contributed by atoms with Crippen LogP contribution in [0, 0.1) is 5.92 Å². The summed E-state index contributed by atoms with van der Waals surface area (Å²) in [4.78, 5) is 27.1. The predicted molar refractivity (Wildman–Crippen MR) is 66.3 cm³/mol. The number of nitrogens with zero attached hydrogens (tertiary/aromatic N) is 2. The first-order chi connectivity index (χ1) is 7.93. The third kappa shape index (κ3) is 3.70. The summed E-state index contributed by atoms with van der Waals surface area (Å²) in [6.07, 6.45) is 2.14. The van der Waals surface area contributed by atoms with Crippen molar-refractivity contribution < 1.29 is 9.59 Å². The smallest absolute Gasteiger partial charge is 0.242 e. The van der Waals surface area contributed by atoms with E-state index in [4.69, 9.17) is 5.73 Å². The number of likely N-dealkylation sites (tertiary alicyclic amines) is 1. The van der Waals surface area contributed by atoms with E-state index in [1.165, 1.54) is 4.90 Å². The maximum absolute atomic E-state index is 11.9. The second-order valence-electron chi connectivity index (χ2n) is 4.93. The lowest BCUT2D eigenvalue weighted by Crippen LogP contribution is -2.44. The zero-order valence-corrected chi connectivity index (χ0v) is 11.0. The first-order valence-corrected chi connectivity index (χ1v) is 6.21. The van der Waals surface area contributed by atoms with Gasteiger partial charge in [-0.3, -0.25) is 9.59 Å². The molecule has 0 aliphatic carbocycles. The molecule has 0 radical (unpaired) electrons. The molecule has 5 nitrogen and oxygen atoms in total. The lowest BCUT2D eigenvalue weighted by atomic mass is 10.0. The van der Waals surface area contributed by atoms with Gasteiger partial charge in [-0.1, -0.05) is 6.92 Å². The topological polar surface area (TPSA) is 66.6 Å². The van der Waals surface area contributed by atoms with Gasteiger partial charge in [-0.05, 0) is 19.8 Å². The average molecular weight is 241 g/mol. The van der Waals surface area contributed by atoms with E-state index in [9.17, 15) is 9.59 Å². The van der Waals surface area contributed by atoms with Gasteiger partial charge in [-0.2, -0.15) is 0 Å². The summed E-state index contributed by atoms with van der Waals surface area (Å²) < 4.78 is 0. The molecule has 1 rings (SSSR count). The summed E-state index contributed by atoms with van der Waals surface area (Å²) >= 11 is 0. The molecule has 0 aromatic carbocycles. The van der Waals surface area contributed by atoms with Gasteiger partial charge >= 0.3 is 0 Å². The number of nitrogens with two attached hydrogens (primary N) is 1. The zero-order chi connectivity index (χ0) is 13.0. The molecule has 2 unspecified atom stereocenters. The maximum atomic E-state index is 11.9. The molecule has 0 aromatic rings. The van der Waals surface area contributed by atoms with E-state index in [0.29, 0.717) is 0 Å². The fourth-order valence-corrected chi connectivity index (χ4v) is 1.92. The van der Waals surface area contributed by atoms with Gasteiger partial charge in [0.25, 0.3) is 0 Å². The van der Waals surface area contributed by atoms with Gasteiger partial charge in [-0.25, -0.2) is 0 Å². The van der Waals surface area contributed by atoms with Crippen molar-refractivity contribution in [2.45, 2.75) is 32.7 Å². The summed E-state index contributed by atoms with van der Waals surface area (Å²) in [6.45, 7) is 5.41. The van der Waals surface area contributed by atoms with Crippen molar-refractivity contribution in [2.24, 2.45) is 11.7 Å². The number of amides is 2. The molecule has 2 amide bonds. The number of hydrogen-bond acceptors (Lipinski definition) is 3. The van der Waals surface area contributed by atoms with Gasteiger partial charge in [0.1, 0.15) is 0 Å². The molecule has 1 saturated heterocycles. The third-order valence-electron chi connectivity index (χ3n) is 3.39. The van der Waals surface area contributed by atoms with Crippen LogP contribution >= 0.6 is 0 Å². The van der Waals surface area contributed by atoms with Crippen LogP contribution in [0.15, 0.2) is 0 Å². The van der Waals surface area contributed by atoms with Gasteiger partial charge in [0, 0.05) is 26.2 Å². The highest BCUT2D eigenvalue weighted by Gasteiger charge is 2.25. The molecule has 2 N–H and O–H groups in total. The normalized spacial score (nSPS) is 18.9. The minimum Gasteiger partial charge on any atom is -0.341 e. The van der Waals surface area contributed by atoms with Crippen molar-refractivity contribution in [1.29, 1.82) is 0 Å². The standard InChI is InChI=1S/C12H23N3O2/c1-9(10(2)13)12(17)14(3)8-11(16)15-6-4-5-7-15/h9-10H,4-8,13H2,1-3H3. The highest BCUT2D eigenvalue weighted by atomic mass is 16.2. The SMILES string of the molecule is CC(N)C(C)C(=O)N(C)CC(=O)N1CCCC1. The predicted octanol–water partition coefficient (Wildman–Crippen LogP) is 0.0505. The lowest BCUT2D eigenvalue weighted by Gasteiger charge is -2.25. The molecule has 0 aromatic heterocycles. The molecule has 5 heteroatoms. The van der Waals surface area contributed by atoms with Crippen LogP contribution in [0.2, 0.25) is 0 Å². The second kappa shape index (κ2) is 6.00. The van der Waals surface area contributed by atoms with Crippen LogP contribution in [-0.4, -0.2) is 54.3 Å². The Morgan fingerprint density at radius 1 is 1.29 bits per heavy atom. The maximum Gasteiger partial charge on any atom is 0.242 e. The van der Waals surface area contributed by atoms with E-state index < -0.39 is 0 Å². The van der Waals surface area contributed by atoms with Crippen LogP contribution in [0.4, 0.5) is 0 Å². The molecule has 1 aliphatic heterocycles. The second-order valence-corrected chi connectivity index (χ2v) is 4.93. The quantitative estimate of drug-likeness (QED) is 0.756. The average Bonchev–Trinajstić information content (AvgIpc) is 2.80. The van der Waals surface area contributed by atoms with Crippen molar-refractivity contribution in [1.82, 2.24) is 9.80 Å². The Balaban J connectivity index is 2.45. The summed E-state index contributed by atoms with van der Waals surface area (Å²) in [5.41, 5.74) is 5.68. The van der Waals surface area contributed by atoms with Crippen LogP contribution in [0.25, 0.3) is 0 Å². The zero-order valence-electron chi connectivity index (χ0n) is 11.0. The molecule has 17 heavy (non-hydrogen) atoms. The van der Waals surface area contributed by atoms with Crippen LogP contribution in [0.5, 0.6) is 0 Å². The molecule has 1 aliphatic rings. The highest BCUT2D eigenvalue weighted by molar-refractivity contribution is 5.86. The van der Waals surface area contributed by atoms with Gasteiger partial charge in [0.15, 0.2) is 0 Å². The van der Waals surface area contributed by atoms with Crippen molar-refractivity contribution in [2.75, 3.05) is 26.7 Å². The van der Waals surface area contributed by atoms with Gasteiger partial charge in [-0.15, -0.1) is 0 Å². The summed E-state index contributed by atoms with van der Waals surface area (Å²) in [6, 6.07) is -0.188. The molecule has 1 fully saturated rings. The van der Waals surface area contributed by atoms with Gasteiger partial charge < -0.3 is 15.5 Å². The van der Waals surface area contributed by atoms with Crippen LogP contribution in [0.3, 0.4) is 0 Å². The fourth-order valence-electron chi connectivity index (χ4n) is 1.92. The Hall–Kier alpha value is -1.10. The van der Waals surface area contributed by atoms with E-state index in [1.54, 1.807) is 20.9 Å². The highest BCUT2D eigenvalue weighted by Crippen LogP contribution is 2.09. The largest absolute Gasteiger partial charge is 0.341 e. The van der Waals surface area contributed by atoms with E-state index in [-0.39, 0.29) is 30.3 Å². The molecule has 1 heterocycles. The number of rotatable bonds is 4. The Morgan fingerprint density at radius 3 is 2.29 bits per heavy atom. The van der Waals surface area contributed by atoms with Crippen LogP contribution < -0.4 is 5.73 Å². The summed E-state index contributed by atoms with van der Waals surface area (Å²) in [5, 5.41) is 0. The monoisotopic (exact) mass is 241 g/mol.